The maximum absolute atomic E-state index is 13.5. The fraction of sp³-hybridized carbons (Fsp3) is 0.185. The first-order valence-corrected chi connectivity index (χ1v) is 10.8. The van der Waals surface area contributed by atoms with Crippen LogP contribution in [0, 0.1) is 26.6 Å². The molecule has 0 saturated heterocycles. The van der Waals surface area contributed by atoms with Gasteiger partial charge >= 0.3 is 0 Å². The molecule has 6 heteroatoms. The van der Waals surface area contributed by atoms with Crippen molar-refractivity contribution in [3.05, 3.63) is 101 Å². The van der Waals surface area contributed by atoms with Crippen molar-refractivity contribution in [2.75, 3.05) is 5.32 Å². The Bertz CT molecular complexity index is 1240. The minimum Gasteiger partial charge on any atom is -0.439 e. The molecule has 0 radical (unpaired) electrons. The number of amides is 1. The number of benzene rings is 3. The summed E-state index contributed by atoms with van der Waals surface area (Å²) in [7, 11) is 0. The van der Waals surface area contributed by atoms with Gasteiger partial charge in [0.05, 0.1) is 11.4 Å². The van der Waals surface area contributed by atoms with Crippen LogP contribution >= 0.6 is 0 Å². The van der Waals surface area contributed by atoms with Crippen LogP contribution in [0.15, 0.2) is 72.8 Å². The van der Waals surface area contributed by atoms with Gasteiger partial charge < -0.3 is 10.1 Å². The Morgan fingerprint density at radius 2 is 1.52 bits per heavy atom. The second-order valence-electron chi connectivity index (χ2n) is 8.09. The van der Waals surface area contributed by atoms with Gasteiger partial charge in [-0.2, -0.15) is 5.10 Å². The third kappa shape index (κ3) is 5.47. The highest BCUT2D eigenvalue weighted by molar-refractivity contribution is 5.90. The minimum atomic E-state index is -0.323. The average molecular weight is 444 g/mol. The highest BCUT2D eigenvalue weighted by atomic mass is 19.1. The van der Waals surface area contributed by atoms with E-state index < -0.39 is 0 Å². The molecule has 0 atom stereocenters. The number of hydrogen-bond acceptors (Lipinski definition) is 3. The predicted octanol–water partition coefficient (Wildman–Crippen LogP) is 6.30. The second kappa shape index (κ2) is 9.69. The Hall–Kier alpha value is -3.93. The van der Waals surface area contributed by atoms with Gasteiger partial charge in [-0.05, 0) is 75.7 Å². The summed E-state index contributed by atoms with van der Waals surface area (Å²) < 4.78 is 21.4. The molecule has 0 aliphatic carbocycles. The molecular formula is C27H26FN3O2. The van der Waals surface area contributed by atoms with Crippen molar-refractivity contribution in [1.29, 1.82) is 0 Å². The number of carbonyl (C=O) groups is 1. The lowest BCUT2D eigenvalue weighted by atomic mass is 10.1. The van der Waals surface area contributed by atoms with Gasteiger partial charge in [-0.1, -0.05) is 35.4 Å². The summed E-state index contributed by atoms with van der Waals surface area (Å²) in [4.78, 5) is 12.6. The molecule has 1 N–H and O–H groups in total. The topological polar surface area (TPSA) is 56.2 Å². The highest BCUT2D eigenvalue weighted by Gasteiger charge is 2.20. The van der Waals surface area contributed by atoms with Crippen molar-refractivity contribution in [2.24, 2.45) is 0 Å². The van der Waals surface area contributed by atoms with E-state index in [4.69, 9.17) is 4.74 Å². The molecule has 0 bridgehead atoms. The number of aryl methyl sites for hydroxylation is 3. The molecule has 5 nitrogen and oxygen atoms in total. The summed E-state index contributed by atoms with van der Waals surface area (Å²) in [6.07, 6.45) is 0.722. The zero-order valence-electron chi connectivity index (χ0n) is 18.9. The molecule has 1 amide bonds. The van der Waals surface area contributed by atoms with E-state index in [1.165, 1.54) is 12.1 Å². The molecule has 4 aromatic rings. The third-order valence-electron chi connectivity index (χ3n) is 5.38. The van der Waals surface area contributed by atoms with Gasteiger partial charge in [0.2, 0.25) is 11.8 Å². The number of nitrogens with one attached hydrogen (secondary N) is 1. The number of anilines is 1. The maximum atomic E-state index is 13.5. The predicted molar refractivity (Wildman–Crippen MR) is 128 cm³/mol. The fourth-order valence-electron chi connectivity index (χ4n) is 3.51. The van der Waals surface area contributed by atoms with Crippen LogP contribution in [-0.2, 0) is 11.2 Å². The normalized spacial score (nSPS) is 10.8. The molecule has 0 spiro atoms. The first-order valence-electron chi connectivity index (χ1n) is 10.8. The first-order chi connectivity index (χ1) is 15.9. The van der Waals surface area contributed by atoms with E-state index in [1.54, 1.807) is 16.8 Å². The van der Waals surface area contributed by atoms with Gasteiger partial charge in [-0.3, -0.25) is 4.79 Å². The van der Waals surface area contributed by atoms with E-state index in [1.807, 2.05) is 69.3 Å². The van der Waals surface area contributed by atoms with E-state index in [0.29, 0.717) is 23.7 Å². The molecule has 0 aliphatic heterocycles. The molecule has 1 heterocycles. The van der Waals surface area contributed by atoms with Crippen LogP contribution in [0.3, 0.4) is 0 Å². The molecule has 0 unspecified atom stereocenters. The Kier molecular flexibility index (Phi) is 6.54. The standard InChI is InChI=1S/C27H26FN3O2/c1-18-4-10-22(11-5-18)29-26(32)17-16-25-20(3)30-31(23-12-8-21(28)9-13-23)27(25)33-24-14-6-19(2)7-15-24/h4-15H,16-17H2,1-3H3,(H,29,32). The summed E-state index contributed by atoms with van der Waals surface area (Å²) >= 11 is 0. The van der Waals surface area contributed by atoms with Crippen LogP contribution in [0.25, 0.3) is 5.69 Å². The minimum absolute atomic E-state index is 0.0888. The van der Waals surface area contributed by atoms with Crippen molar-refractivity contribution in [3.63, 3.8) is 0 Å². The van der Waals surface area contributed by atoms with Crippen molar-refractivity contribution in [3.8, 4) is 17.3 Å². The monoisotopic (exact) mass is 443 g/mol. The Balaban J connectivity index is 1.60. The Morgan fingerprint density at radius 3 is 2.15 bits per heavy atom. The number of nitrogens with zero attached hydrogens (tertiary/aromatic N) is 2. The van der Waals surface area contributed by atoms with Crippen LogP contribution in [0.4, 0.5) is 10.1 Å². The van der Waals surface area contributed by atoms with Crippen molar-refractivity contribution in [2.45, 2.75) is 33.6 Å². The van der Waals surface area contributed by atoms with Crippen LogP contribution in [0.5, 0.6) is 11.6 Å². The van der Waals surface area contributed by atoms with Crippen molar-refractivity contribution in [1.82, 2.24) is 9.78 Å². The summed E-state index contributed by atoms with van der Waals surface area (Å²) in [6, 6.07) is 21.5. The zero-order chi connectivity index (χ0) is 23.4. The SMILES string of the molecule is Cc1ccc(NC(=O)CCc2c(C)nn(-c3ccc(F)cc3)c2Oc2ccc(C)cc2)cc1. The summed E-state index contributed by atoms with van der Waals surface area (Å²) in [5, 5.41) is 7.56. The van der Waals surface area contributed by atoms with Crippen LogP contribution in [0.2, 0.25) is 0 Å². The van der Waals surface area contributed by atoms with Crippen molar-refractivity contribution < 1.29 is 13.9 Å². The lowest BCUT2D eigenvalue weighted by molar-refractivity contribution is -0.116. The zero-order valence-corrected chi connectivity index (χ0v) is 18.9. The maximum Gasteiger partial charge on any atom is 0.226 e. The number of carbonyl (C=O) groups excluding carboxylic acids is 1. The molecule has 168 valence electrons. The molecular weight excluding hydrogens is 417 g/mol. The van der Waals surface area contributed by atoms with E-state index in [0.717, 1.165) is 28.1 Å². The van der Waals surface area contributed by atoms with Gasteiger partial charge in [0.25, 0.3) is 0 Å². The molecule has 0 saturated carbocycles. The number of hydrogen-bond donors (Lipinski definition) is 1. The molecule has 33 heavy (non-hydrogen) atoms. The van der Waals surface area contributed by atoms with Gasteiger partial charge in [0.15, 0.2) is 0 Å². The fourth-order valence-corrected chi connectivity index (χ4v) is 3.51. The summed E-state index contributed by atoms with van der Waals surface area (Å²) in [5.41, 5.74) is 5.29. The average Bonchev–Trinajstić information content (AvgIpc) is 3.11. The quantitative estimate of drug-likeness (QED) is 0.365. The molecule has 0 aliphatic rings. The first kappa shape index (κ1) is 22.3. The van der Waals surface area contributed by atoms with E-state index >= 15 is 0 Å². The molecule has 4 rings (SSSR count). The molecule has 1 aromatic heterocycles. The van der Waals surface area contributed by atoms with E-state index in [2.05, 4.69) is 10.4 Å². The smallest absolute Gasteiger partial charge is 0.226 e. The number of aromatic nitrogens is 2. The molecule has 3 aromatic carbocycles. The number of rotatable bonds is 7. The lowest BCUT2D eigenvalue weighted by Gasteiger charge is -2.12. The van der Waals surface area contributed by atoms with Gasteiger partial charge in [0.1, 0.15) is 11.6 Å². The van der Waals surface area contributed by atoms with Crippen LogP contribution in [-0.4, -0.2) is 15.7 Å². The number of halogens is 1. The van der Waals surface area contributed by atoms with E-state index in [-0.39, 0.29) is 18.1 Å². The van der Waals surface area contributed by atoms with Crippen molar-refractivity contribution >= 4 is 11.6 Å². The van der Waals surface area contributed by atoms with Crippen LogP contribution < -0.4 is 10.1 Å². The van der Waals surface area contributed by atoms with Gasteiger partial charge in [0, 0.05) is 17.7 Å². The lowest BCUT2D eigenvalue weighted by Crippen LogP contribution is -2.12. The third-order valence-corrected chi connectivity index (χ3v) is 5.38. The molecule has 0 fully saturated rings. The Labute approximate surface area is 192 Å². The van der Waals surface area contributed by atoms with E-state index in [9.17, 15) is 9.18 Å². The van der Waals surface area contributed by atoms with Gasteiger partial charge in [-0.25, -0.2) is 9.07 Å². The van der Waals surface area contributed by atoms with Gasteiger partial charge in [-0.15, -0.1) is 0 Å². The number of ether oxygens (including phenoxy) is 1. The Morgan fingerprint density at radius 1 is 0.909 bits per heavy atom. The largest absolute Gasteiger partial charge is 0.439 e. The summed E-state index contributed by atoms with van der Waals surface area (Å²) in [5.74, 6) is 0.769. The summed E-state index contributed by atoms with van der Waals surface area (Å²) in [6.45, 7) is 5.90. The highest BCUT2D eigenvalue weighted by Crippen LogP contribution is 2.32. The van der Waals surface area contributed by atoms with Crippen LogP contribution in [0.1, 0.15) is 28.8 Å². The second-order valence-corrected chi connectivity index (χ2v) is 8.09.